The van der Waals surface area contributed by atoms with Crippen LogP contribution in [0.2, 0.25) is 0 Å². The van der Waals surface area contributed by atoms with Crippen molar-refractivity contribution in [3.63, 3.8) is 0 Å². The van der Waals surface area contributed by atoms with Crippen molar-refractivity contribution in [3.8, 4) is 0 Å². The Morgan fingerprint density at radius 1 is 0.738 bits per heavy atom. The molecule has 42 heavy (non-hydrogen) atoms. The van der Waals surface area contributed by atoms with Crippen molar-refractivity contribution in [3.05, 3.63) is 0 Å². The van der Waals surface area contributed by atoms with Gasteiger partial charge >= 0.3 is 0 Å². The Morgan fingerprint density at radius 3 is 1.95 bits per heavy atom. The average molecular weight is 611 g/mol. The number of nitrogens with one attached hydrogen (secondary N) is 1. The van der Waals surface area contributed by atoms with Gasteiger partial charge in [-0.05, 0) is 46.0 Å². The summed E-state index contributed by atoms with van der Waals surface area (Å²) >= 11 is 0. The summed E-state index contributed by atoms with van der Waals surface area (Å²) in [6.07, 6.45) is -9.50. The molecule has 0 bridgehead atoms. The Kier molecular flexibility index (Phi) is 16.6. The van der Waals surface area contributed by atoms with Gasteiger partial charge in [0.1, 0.15) is 42.7 Å². The van der Waals surface area contributed by atoms with Crippen LogP contribution in [-0.4, -0.2) is 153 Å². The number of aliphatic hydroxyl groups is 7. The number of hydrogen-bond acceptors (Lipinski definition) is 13. The van der Waals surface area contributed by atoms with Gasteiger partial charge in [-0.2, -0.15) is 0 Å². The number of ether oxygens (including phenoxy) is 4. The third kappa shape index (κ3) is 11.2. The van der Waals surface area contributed by atoms with Crippen molar-refractivity contribution in [1.82, 2.24) is 10.2 Å². The molecule has 2 aliphatic heterocycles. The zero-order valence-corrected chi connectivity index (χ0v) is 24.5. The highest BCUT2D eigenvalue weighted by atomic mass is 16.7. The average Bonchev–Trinajstić information content (AvgIpc) is 2.97. The fourth-order valence-corrected chi connectivity index (χ4v) is 4.78. The molecule has 2 fully saturated rings. The first-order chi connectivity index (χ1) is 20.0. The third-order valence-electron chi connectivity index (χ3n) is 7.39. The number of amides is 2. The number of carbonyl (C=O) groups excluding carboxylic acids is 2. The molecule has 0 saturated carbocycles. The predicted molar refractivity (Wildman–Crippen MR) is 146 cm³/mol. The van der Waals surface area contributed by atoms with Gasteiger partial charge in [0.05, 0.1) is 19.3 Å². The molecular formula is C27H50N2O13. The monoisotopic (exact) mass is 610 g/mol. The van der Waals surface area contributed by atoms with E-state index in [4.69, 9.17) is 18.9 Å². The number of hydrogen-bond donors (Lipinski definition) is 8. The first kappa shape index (κ1) is 36.7. The van der Waals surface area contributed by atoms with Gasteiger partial charge in [-0.25, -0.2) is 0 Å². The summed E-state index contributed by atoms with van der Waals surface area (Å²) < 4.78 is 21.9. The zero-order valence-electron chi connectivity index (χ0n) is 24.5. The Balaban J connectivity index is 1.81. The van der Waals surface area contributed by atoms with Crippen molar-refractivity contribution in [2.75, 3.05) is 39.5 Å². The maximum absolute atomic E-state index is 13.0. The SMILES string of the molecule is CCNC(=O)CCCCC(=O)N(CCCCO[C@@H]1O[C@@H](C)[C@@H](O)[C@@H](O)[C@@H]1O)CCCO[C@H]1O[C@H](CO)[C@@H](O)[C@H](O)[C@@H]1O. The van der Waals surface area contributed by atoms with E-state index in [1.807, 2.05) is 6.92 Å². The molecule has 2 aliphatic rings. The maximum Gasteiger partial charge on any atom is 0.222 e. The number of carbonyl (C=O) groups is 2. The van der Waals surface area contributed by atoms with Gasteiger partial charge in [-0.3, -0.25) is 9.59 Å². The van der Waals surface area contributed by atoms with Crippen LogP contribution in [0.1, 0.15) is 58.8 Å². The molecular weight excluding hydrogens is 560 g/mol. The standard InChI is InChI=1S/C27H50N2O13/c1-3-28-18(31)9-4-5-10-19(32)29(11-6-7-13-39-26-24(37)22(35)20(33)16(2)41-26)12-8-14-40-27-25(38)23(36)21(34)17(15-30)42-27/h16-17,20-27,30,33-38H,3-15H2,1-2H3,(H,28,31)/t16-,17+,20+,21+,22+,23-,24-,25-,26+,27-/m0/s1. The summed E-state index contributed by atoms with van der Waals surface area (Å²) in [4.78, 5) is 26.3. The maximum atomic E-state index is 13.0. The molecule has 2 rings (SSSR count). The molecule has 0 unspecified atom stereocenters. The Hall–Kier alpha value is -1.50. The van der Waals surface area contributed by atoms with E-state index in [1.54, 1.807) is 11.8 Å². The first-order valence-corrected chi connectivity index (χ1v) is 14.8. The Bertz CT molecular complexity index is 791. The van der Waals surface area contributed by atoms with Gasteiger partial charge in [0.15, 0.2) is 12.6 Å². The zero-order chi connectivity index (χ0) is 31.2. The second-order valence-corrected chi connectivity index (χ2v) is 10.7. The second-order valence-electron chi connectivity index (χ2n) is 10.7. The number of rotatable bonds is 18. The lowest BCUT2D eigenvalue weighted by molar-refractivity contribution is -0.301. The minimum absolute atomic E-state index is 0.0596. The normalized spacial score (nSPS) is 33.4. The lowest BCUT2D eigenvalue weighted by Crippen LogP contribution is -2.59. The lowest BCUT2D eigenvalue weighted by atomic mass is 9.99. The van der Waals surface area contributed by atoms with E-state index in [2.05, 4.69) is 5.32 Å². The van der Waals surface area contributed by atoms with Gasteiger partial charge in [0.25, 0.3) is 0 Å². The molecule has 10 atom stereocenters. The van der Waals surface area contributed by atoms with Gasteiger partial charge in [-0.15, -0.1) is 0 Å². The third-order valence-corrected chi connectivity index (χ3v) is 7.39. The molecule has 0 radical (unpaired) electrons. The number of aliphatic hydroxyl groups excluding tert-OH is 7. The summed E-state index contributed by atoms with van der Waals surface area (Å²) in [5.74, 6) is -0.160. The highest BCUT2D eigenvalue weighted by Crippen LogP contribution is 2.23. The first-order valence-electron chi connectivity index (χ1n) is 14.8. The lowest BCUT2D eigenvalue weighted by Gasteiger charge is -2.39. The number of nitrogens with zero attached hydrogens (tertiary/aromatic N) is 1. The Labute approximate surface area is 246 Å². The van der Waals surface area contributed by atoms with Crippen molar-refractivity contribution < 1.29 is 64.3 Å². The largest absolute Gasteiger partial charge is 0.394 e. The van der Waals surface area contributed by atoms with E-state index in [-0.39, 0.29) is 31.4 Å². The molecule has 2 amide bonds. The Morgan fingerprint density at radius 2 is 1.31 bits per heavy atom. The summed E-state index contributed by atoms with van der Waals surface area (Å²) in [6, 6.07) is 0. The molecule has 8 N–H and O–H groups in total. The predicted octanol–water partition coefficient (Wildman–Crippen LogP) is -2.66. The summed E-state index contributed by atoms with van der Waals surface area (Å²) in [6.45, 7) is 4.35. The topological polar surface area (TPSA) is 228 Å². The second kappa shape index (κ2) is 19.0. The van der Waals surface area contributed by atoms with Gasteiger partial charge < -0.3 is 64.9 Å². The van der Waals surface area contributed by atoms with Crippen LogP contribution in [0, 0.1) is 0 Å². The minimum Gasteiger partial charge on any atom is -0.394 e. The highest BCUT2D eigenvalue weighted by Gasteiger charge is 2.44. The van der Waals surface area contributed by atoms with E-state index in [9.17, 15) is 45.3 Å². The van der Waals surface area contributed by atoms with Crippen LogP contribution in [0.15, 0.2) is 0 Å². The molecule has 15 nitrogen and oxygen atoms in total. The van der Waals surface area contributed by atoms with Crippen LogP contribution in [0.4, 0.5) is 0 Å². The van der Waals surface area contributed by atoms with Crippen LogP contribution in [-0.2, 0) is 28.5 Å². The van der Waals surface area contributed by atoms with Gasteiger partial charge in [0.2, 0.25) is 11.8 Å². The fraction of sp³-hybridized carbons (Fsp3) is 0.926. The van der Waals surface area contributed by atoms with Gasteiger partial charge in [0, 0.05) is 39.1 Å². The van der Waals surface area contributed by atoms with Gasteiger partial charge in [-0.1, -0.05) is 0 Å². The summed E-state index contributed by atoms with van der Waals surface area (Å²) in [5.41, 5.74) is 0. The van der Waals surface area contributed by atoms with E-state index >= 15 is 0 Å². The summed E-state index contributed by atoms with van der Waals surface area (Å²) in [7, 11) is 0. The molecule has 15 heteroatoms. The molecule has 0 spiro atoms. The van der Waals surface area contributed by atoms with E-state index in [1.165, 1.54) is 0 Å². The van der Waals surface area contributed by atoms with Crippen LogP contribution in [0.3, 0.4) is 0 Å². The van der Waals surface area contributed by atoms with Crippen molar-refractivity contribution in [1.29, 1.82) is 0 Å². The van der Waals surface area contributed by atoms with Crippen LogP contribution < -0.4 is 5.32 Å². The molecule has 0 aromatic carbocycles. The highest BCUT2D eigenvalue weighted by molar-refractivity contribution is 5.77. The van der Waals surface area contributed by atoms with Crippen molar-refractivity contribution >= 4 is 11.8 Å². The van der Waals surface area contributed by atoms with E-state index < -0.39 is 68.0 Å². The molecule has 0 aliphatic carbocycles. The smallest absolute Gasteiger partial charge is 0.222 e. The summed E-state index contributed by atoms with van der Waals surface area (Å²) in [5, 5.41) is 71.8. The quantitative estimate of drug-likeness (QED) is 0.0743. The molecule has 246 valence electrons. The van der Waals surface area contributed by atoms with Crippen LogP contribution >= 0.6 is 0 Å². The van der Waals surface area contributed by atoms with Crippen LogP contribution in [0.25, 0.3) is 0 Å². The molecule has 0 aromatic rings. The molecule has 2 saturated heterocycles. The van der Waals surface area contributed by atoms with Crippen molar-refractivity contribution in [2.24, 2.45) is 0 Å². The molecule has 2 heterocycles. The van der Waals surface area contributed by atoms with E-state index in [0.29, 0.717) is 58.2 Å². The fourth-order valence-electron chi connectivity index (χ4n) is 4.78. The van der Waals surface area contributed by atoms with Crippen molar-refractivity contribution in [2.45, 2.75) is 120 Å². The molecule has 0 aromatic heterocycles. The van der Waals surface area contributed by atoms with E-state index in [0.717, 1.165) is 0 Å². The minimum atomic E-state index is -1.54. The number of unbranched alkanes of at least 4 members (excludes halogenated alkanes) is 2. The van der Waals surface area contributed by atoms with Crippen LogP contribution in [0.5, 0.6) is 0 Å².